The molecule has 0 saturated carbocycles. The van der Waals surface area contributed by atoms with Crippen LogP contribution in [-0.2, 0) is 21.5 Å². The van der Waals surface area contributed by atoms with Gasteiger partial charge in [0.15, 0.2) is 0 Å². The van der Waals surface area contributed by atoms with Gasteiger partial charge in [-0.25, -0.2) is 8.78 Å². The molecule has 230 valence electrons. The van der Waals surface area contributed by atoms with Gasteiger partial charge >= 0.3 is 0 Å². The van der Waals surface area contributed by atoms with E-state index in [9.17, 15) is 14.9 Å². The summed E-state index contributed by atoms with van der Waals surface area (Å²) in [6, 6.07) is 16.7. The van der Waals surface area contributed by atoms with E-state index in [2.05, 4.69) is 11.4 Å². The second-order valence-electron chi connectivity index (χ2n) is 11.8. The summed E-state index contributed by atoms with van der Waals surface area (Å²) in [6.07, 6.45) is 1.10. The van der Waals surface area contributed by atoms with Gasteiger partial charge in [0.05, 0.1) is 17.1 Å². The van der Waals surface area contributed by atoms with Crippen LogP contribution in [0.25, 0.3) is 0 Å². The lowest BCUT2D eigenvalue weighted by Gasteiger charge is -2.35. The van der Waals surface area contributed by atoms with E-state index in [1.165, 1.54) is 31.2 Å². The second kappa shape index (κ2) is 12.8. The molecule has 5 rings (SSSR count). The first-order valence-corrected chi connectivity index (χ1v) is 15.4. The monoisotopic (exact) mass is 638 g/mol. The number of carbonyl (C=O) groups is 2. The SMILES string of the molecule is CC(=O)N1CCC(NC(=O)C2C(c3cccc(Cl)c3F)C(C#N)(c3ccc(Cl)cc3F)C(C)N2Cc2cccc(C)c2)CC1. The number of piperidine rings is 1. The number of nitriles is 1. The van der Waals surface area contributed by atoms with Crippen LogP contribution in [0, 0.1) is 29.9 Å². The molecule has 2 aliphatic heterocycles. The van der Waals surface area contributed by atoms with Crippen LogP contribution < -0.4 is 5.32 Å². The van der Waals surface area contributed by atoms with E-state index in [0.29, 0.717) is 25.9 Å². The molecule has 3 aromatic carbocycles. The number of hydrogen-bond acceptors (Lipinski definition) is 4. The van der Waals surface area contributed by atoms with E-state index in [1.807, 2.05) is 36.1 Å². The third kappa shape index (κ3) is 5.81. The van der Waals surface area contributed by atoms with Gasteiger partial charge in [0.1, 0.15) is 17.0 Å². The zero-order valence-corrected chi connectivity index (χ0v) is 26.3. The number of amides is 2. The summed E-state index contributed by atoms with van der Waals surface area (Å²) >= 11 is 12.4. The van der Waals surface area contributed by atoms with E-state index in [0.717, 1.165) is 17.2 Å². The molecular formula is C34H34Cl2F2N4O2. The topological polar surface area (TPSA) is 76.4 Å². The highest BCUT2D eigenvalue weighted by Crippen LogP contribution is 2.54. The molecule has 44 heavy (non-hydrogen) atoms. The van der Waals surface area contributed by atoms with Crippen LogP contribution in [0.1, 0.15) is 54.9 Å². The maximum atomic E-state index is 16.0. The fraction of sp³-hybridized carbons (Fsp3) is 0.382. The molecule has 0 radical (unpaired) electrons. The predicted molar refractivity (Wildman–Crippen MR) is 166 cm³/mol. The summed E-state index contributed by atoms with van der Waals surface area (Å²) in [5.74, 6) is -3.04. The van der Waals surface area contributed by atoms with Gasteiger partial charge in [0.25, 0.3) is 0 Å². The average Bonchev–Trinajstić information content (AvgIpc) is 3.22. The minimum Gasteiger partial charge on any atom is -0.352 e. The Balaban J connectivity index is 1.68. The van der Waals surface area contributed by atoms with Gasteiger partial charge in [-0.15, -0.1) is 0 Å². The largest absolute Gasteiger partial charge is 0.352 e. The van der Waals surface area contributed by atoms with Gasteiger partial charge in [0.2, 0.25) is 11.8 Å². The van der Waals surface area contributed by atoms with E-state index in [1.54, 1.807) is 17.9 Å². The predicted octanol–water partition coefficient (Wildman–Crippen LogP) is 6.53. The Labute approximate surface area is 266 Å². The van der Waals surface area contributed by atoms with Crippen LogP contribution in [0.4, 0.5) is 8.78 Å². The fourth-order valence-electron chi connectivity index (χ4n) is 7.00. The first kappa shape index (κ1) is 31.9. The van der Waals surface area contributed by atoms with Gasteiger partial charge in [-0.3, -0.25) is 14.5 Å². The van der Waals surface area contributed by atoms with Gasteiger partial charge in [-0.1, -0.05) is 71.2 Å². The van der Waals surface area contributed by atoms with E-state index >= 15 is 8.78 Å². The molecule has 10 heteroatoms. The van der Waals surface area contributed by atoms with Crippen LogP contribution in [0.5, 0.6) is 0 Å². The molecule has 2 heterocycles. The summed E-state index contributed by atoms with van der Waals surface area (Å²) in [4.78, 5) is 30.0. The molecule has 3 aromatic rings. The van der Waals surface area contributed by atoms with Crippen molar-refractivity contribution in [2.45, 2.75) is 69.6 Å². The summed E-state index contributed by atoms with van der Waals surface area (Å²) in [6.45, 7) is 6.50. The van der Waals surface area contributed by atoms with Crippen LogP contribution in [0.15, 0.2) is 60.7 Å². The van der Waals surface area contributed by atoms with E-state index in [-0.39, 0.29) is 39.7 Å². The number of nitrogens with one attached hydrogen (secondary N) is 1. The highest BCUT2D eigenvalue weighted by Gasteiger charge is 2.63. The number of benzene rings is 3. The Morgan fingerprint density at radius 1 is 1.07 bits per heavy atom. The summed E-state index contributed by atoms with van der Waals surface area (Å²) in [5, 5.41) is 14.2. The number of aryl methyl sites for hydroxylation is 1. The Hall–Kier alpha value is -3.51. The van der Waals surface area contributed by atoms with Crippen molar-refractivity contribution in [1.29, 1.82) is 5.26 Å². The molecule has 0 aromatic heterocycles. The molecule has 4 atom stereocenters. The minimum absolute atomic E-state index is 0.0241. The van der Waals surface area contributed by atoms with Crippen molar-refractivity contribution >= 4 is 35.0 Å². The van der Waals surface area contributed by atoms with Crippen LogP contribution in [0.3, 0.4) is 0 Å². The lowest BCUT2D eigenvalue weighted by molar-refractivity contribution is -0.130. The smallest absolute Gasteiger partial charge is 0.238 e. The normalized spacial score (nSPS) is 24.2. The van der Waals surface area contributed by atoms with Gasteiger partial charge in [-0.2, -0.15) is 5.26 Å². The summed E-state index contributed by atoms with van der Waals surface area (Å²) in [5.41, 5.74) is 0.281. The lowest BCUT2D eigenvalue weighted by Crippen LogP contribution is -2.52. The summed E-state index contributed by atoms with van der Waals surface area (Å²) in [7, 11) is 0. The Morgan fingerprint density at radius 3 is 2.41 bits per heavy atom. The Kier molecular flexibility index (Phi) is 9.31. The van der Waals surface area contributed by atoms with E-state index in [4.69, 9.17) is 23.2 Å². The van der Waals surface area contributed by atoms with Crippen LogP contribution >= 0.6 is 23.2 Å². The lowest BCUT2D eigenvalue weighted by atomic mass is 9.65. The zero-order chi connectivity index (χ0) is 31.8. The molecular weight excluding hydrogens is 605 g/mol. The molecule has 2 saturated heterocycles. The van der Waals surface area contributed by atoms with Crippen molar-refractivity contribution in [2.75, 3.05) is 13.1 Å². The molecule has 2 amide bonds. The number of nitrogens with zero attached hydrogens (tertiary/aromatic N) is 3. The van der Waals surface area contributed by atoms with Gasteiger partial charge < -0.3 is 10.2 Å². The zero-order valence-electron chi connectivity index (χ0n) is 24.8. The van der Waals surface area contributed by atoms with Crippen molar-refractivity contribution in [3.63, 3.8) is 0 Å². The second-order valence-corrected chi connectivity index (χ2v) is 12.6. The first-order chi connectivity index (χ1) is 21.0. The Bertz CT molecular complexity index is 1620. The maximum absolute atomic E-state index is 16.0. The third-order valence-corrected chi connectivity index (χ3v) is 9.73. The summed E-state index contributed by atoms with van der Waals surface area (Å²) < 4.78 is 31.9. The molecule has 0 bridgehead atoms. The Morgan fingerprint density at radius 2 is 1.77 bits per heavy atom. The van der Waals surface area contributed by atoms with E-state index < -0.39 is 41.0 Å². The molecule has 0 spiro atoms. The fourth-order valence-corrected chi connectivity index (χ4v) is 7.34. The van der Waals surface area contributed by atoms with Crippen molar-refractivity contribution in [2.24, 2.45) is 0 Å². The van der Waals surface area contributed by atoms with Crippen molar-refractivity contribution in [3.8, 4) is 6.07 Å². The van der Waals surface area contributed by atoms with Crippen molar-refractivity contribution < 1.29 is 18.4 Å². The molecule has 1 N–H and O–H groups in total. The first-order valence-electron chi connectivity index (χ1n) is 14.7. The highest BCUT2D eigenvalue weighted by molar-refractivity contribution is 6.31. The van der Waals surface area contributed by atoms with Crippen LogP contribution in [-0.4, -0.2) is 52.8 Å². The number of carbonyl (C=O) groups excluding carboxylic acids is 2. The van der Waals surface area contributed by atoms with Gasteiger partial charge in [0, 0.05) is 55.1 Å². The molecule has 2 fully saturated rings. The number of hydrogen-bond donors (Lipinski definition) is 1. The van der Waals surface area contributed by atoms with Crippen molar-refractivity contribution in [3.05, 3.63) is 105 Å². The average molecular weight is 640 g/mol. The standard InChI is InChI=1S/C34H34Cl2F2N4O2/c1-20-6-4-7-23(16-20)18-42-21(2)34(19-39,27-11-10-24(35)17-29(27)37)30(26-8-5-9-28(36)31(26)38)32(42)33(44)40-25-12-14-41(15-13-25)22(3)43/h4-11,16-17,21,25,30,32H,12-15,18H2,1-3H3,(H,40,44). The molecule has 0 aliphatic carbocycles. The number of likely N-dealkylation sites (tertiary alicyclic amines) is 2. The molecule has 2 aliphatic rings. The third-order valence-electron chi connectivity index (χ3n) is 9.20. The van der Waals surface area contributed by atoms with Crippen LogP contribution in [0.2, 0.25) is 10.0 Å². The number of rotatable bonds is 6. The molecule has 6 nitrogen and oxygen atoms in total. The van der Waals surface area contributed by atoms with Gasteiger partial charge in [-0.05, 0) is 56.0 Å². The minimum atomic E-state index is -1.70. The maximum Gasteiger partial charge on any atom is 0.238 e. The molecule has 4 unspecified atom stereocenters. The van der Waals surface area contributed by atoms with Crippen molar-refractivity contribution in [1.82, 2.24) is 15.1 Å². The number of halogens is 4. The quantitative estimate of drug-likeness (QED) is 0.333. The highest BCUT2D eigenvalue weighted by atomic mass is 35.5.